The first kappa shape index (κ1) is 28.4. The predicted octanol–water partition coefficient (Wildman–Crippen LogP) is 5.84. The molecule has 1 aromatic heterocycles. The van der Waals surface area contributed by atoms with Gasteiger partial charge in [0.25, 0.3) is 0 Å². The van der Waals surface area contributed by atoms with Gasteiger partial charge in [-0.3, -0.25) is 0 Å². The molecule has 0 aliphatic rings. The molecule has 1 rings (SSSR count). The second-order valence-corrected chi connectivity index (χ2v) is 10.5. The van der Waals surface area contributed by atoms with Crippen molar-refractivity contribution in [1.29, 1.82) is 0 Å². The van der Waals surface area contributed by atoms with Crippen LogP contribution >= 0.6 is 11.3 Å². The zero-order valence-electron chi connectivity index (χ0n) is 20.7. The number of hydrogen-bond acceptors (Lipinski definition) is 7. The average Bonchev–Trinajstić information content (AvgIpc) is 3.12. The van der Waals surface area contributed by atoms with Crippen molar-refractivity contribution in [3.8, 4) is 0 Å². The summed E-state index contributed by atoms with van der Waals surface area (Å²) in [5, 5.41) is 1.69. The van der Waals surface area contributed by atoms with Gasteiger partial charge in [-0.25, -0.2) is 19.3 Å². The Kier molecular flexibility index (Phi) is 10.8. The number of imide groups is 1. The molecule has 0 aromatic carbocycles. The molecular weight excluding hydrogens is 446 g/mol. The van der Waals surface area contributed by atoms with Crippen molar-refractivity contribution in [2.24, 2.45) is 10.7 Å². The van der Waals surface area contributed by atoms with Crippen LogP contribution in [0, 0.1) is 0 Å². The maximum atomic E-state index is 12.6. The molecular formula is C23H37N3O6S. The second-order valence-electron chi connectivity index (χ2n) is 9.52. The SMILES string of the molecule is CCCCCCOC(=O)/N=C(\N)c1csc(CN(C(=O)OC(C)(C)C)C(=O)OC(C)(C)C)c1. The van der Waals surface area contributed by atoms with Crippen molar-refractivity contribution in [3.63, 3.8) is 0 Å². The highest BCUT2D eigenvalue weighted by Gasteiger charge is 2.31. The van der Waals surface area contributed by atoms with Crippen molar-refractivity contribution in [2.75, 3.05) is 6.61 Å². The first-order valence-corrected chi connectivity index (χ1v) is 11.9. The summed E-state index contributed by atoms with van der Waals surface area (Å²) in [6.45, 7) is 12.6. The predicted molar refractivity (Wildman–Crippen MR) is 129 cm³/mol. The molecule has 0 aliphatic carbocycles. The normalized spacial score (nSPS) is 12.3. The van der Waals surface area contributed by atoms with Crippen molar-refractivity contribution in [3.05, 3.63) is 21.9 Å². The third kappa shape index (κ3) is 11.7. The third-order valence-electron chi connectivity index (χ3n) is 3.93. The van der Waals surface area contributed by atoms with Crippen molar-refractivity contribution in [2.45, 2.75) is 91.9 Å². The summed E-state index contributed by atoms with van der Waals surface area (Å²) in [6.07, 6.45) is 1.56. The van der Waals surface area contributed by atoms with E-state index in [-0.39, 0.29) is 12.4 Å². The Bertz CT molecular complexity index is 808. The molecule has 0 fully saturated rings. The quantitative estimate of drug-likeness (QED) is 0.213. The number of nitrogens with two attached hydrogens (primary N) is 1. The molecule has 0 unspecified atom stereocenters. The summed E-state index contributed by atoms with van der Waals surface area (Å²) in [4.78, 5) is 42.4. The summed E-state index contributed by atoms with van der Waals surface area (Å²) in [7, 11) is 0. The Morgan fingerprint density at radius 2 is 1.58 bits per heavy atom. The third-order valence-corrected chi connectivity index (χ3v) is 4.85. The van der Waals surface area contributed by atoms with Gasteiger partial charge in [-0.05, 0) is 54.0 Å². The molecule has 3 amide bonds. The lowest BCUT2D eigenvalue weighted by atomic mass is 10.2. The Hall–Kier alpha value is -2.62. The highest BCUT2D eigenvalue weighted by atomic mass is 32.1. The van der Waals surface area contributed by atoms with Crippen LogP contribution in [0.5, 0.6) is 0 Å². The molecule has 10 heteroatoms. The molecule has 1 heterocycles. The van der Waals surface area contributed by atoms with Crippen molar-refractivity contribution < 1.29 is 28.6 Å². The van der Waals surface area contributed by atoms with Crippen LogP contribution in [-0.2, 0) is 20.8 Å². The van der Waals surface area contributed by atoms with Gasteiger partial charge >= 0.3 is 18.3 Å². The molecule has 0 bridgehead atoms. The number of nitrogens with zero attached hydrogens (tertiary/aromatic N) is 2. The number of carbonyl (C=O) groups is 3. The highest BCUT2D eigenvalue weighted by molar-refractivity contribution is 7.10. The molecule has 0 radical (unpaired) electrons. The summed E-state index contributed by atoms with van der Waals surface area (Å²) in [5.41, 5.74) is 4.86. The Balaban J connectivity index is 2.88. The summed E-state index contributed by atoms with van der Waals surface area (Å²) < 4.78 is 15.8. The van der Waals surface area contributed by atoms with E-state index in [4.69, 9.17) is 19.9 Å². The smallest absolute Gasteiger partial charge is 0.435 e. The van der Waals surface area contributed by atoms with Gasteiger partial charge in [-0.2, -0.15) is 4.99 Å². The van der Waals surface area contributed by atoms with Crippen LogP contribution in [0.25, 0.3) is 0 Å². The van der Waals surface area contributed by atoms with E-state index in [1.807, 2.05) is 0 Å². The summed E-state index contributed by atoms with van der Waals surface area (Å²) in [5.74, 6) is -0.00264. The first-order valence-electron chi connectivity index (χ1n) is 11.0. The van der Waals surface area contributed by atoms with Crippen molar-refractivity contribution in [1.82, 2.24) is 4.90 Å². The van der Waals surface area contributed by atoms with Crippen LogP contribution in [0.15, 0.2) is 16.4 Å². The zero-order valence-corrected chi connectivity index (χ0v) is 21.5. The number of carbonyl (C=O) groups excluding carboxylic acids is 3. The number of ether oxygens (including phenoxy) is 3. The molecule has 33 heavy (non-hydrogen) atoms. The van der Waals surface area contributed by atoms with Crippen LogP contribution in [0.2, 0.25) is 0 Å². The van der Waals surface area contributed by atoms with Gasteiger partial charge < -0.3 is 19.9 Å². The van der Waals surface area contributed by atoms with Gasteiger partial charge in [0.1, 0.15) is 17.0 Å². The number of thiophene rings is 1. The van der Waals surface area contributed by atoms with Gasteiger partial charge in [0, 0.05) is 15.8 Å². The minimum atomic E-state index is -0.819. The van der Waals surface area contributed by atoms with Gasteiger partial charge in [0.2, 0.25) is 0 Å². The van der Waals surface area contributed by atoms with Gasteiger partial charge in [0.15, 0.2) is 0 Å². The van der Waals surface area contributed by atoms with E-state index in [9.17, 15) is 14.4 Å². The molecule has 0 atom stereocenters. The van der Waals surface area contributed by atoms with E-state index in [2.05, 4.69) is 11.9 Å². The molecule has 1 aromatic rings. The number of amidine groups is 1. The van der Waals surface area contributed by atoms with Crippen LogP contribution in [0.1, 0.15) is 84.6 Å². The summed E-state index contributed by atoms with van der Waals surface area (Å²) >= 11 is 1.26. The lowest BCUT2D eigenvalue weighted by molar-refractivity contribution is -0.0000658. The van der Waals surface area contributed by atoms with Gasteiger partial charge in [-0.15, -0.1) is 11.3 Å². The molecule has 9 nitrogen and oxygen atoms in total. The van der Waals surface area contributed by atoms with E-state index in [1.54, 1.807) is 53.0 Å². The molecule has 0 saturated carbocycles. The Morgan fingerprint density at radius 1 is 1.00 bits per heavy atom. The second kappa shape index (κ2) is 12.6. The first-order chi connectivity index (χ1) is 15.2. The highest BCUT2D eigenvalue weighted by Crippen LogP contribution is 2.21. The lowest BCUT2D eigenvalue weighted by Crippen LogP contribution is -2.43. The fraction of sp³-hybridized carbons (Fsp3) is 0.652. The van der Waals surface area contributed by atoms with E-state index < -0.39 is 29.5 Å². The van der Waals surface area contributed by atoms with Crippen LogP contribution in [0.3, 0.4) is 0 Å². The maximum absolute atomic E-state index is 12.6. The number of aliphatic imine (C=N–C) groups is 1. The molecule has 0 spiro atoms. The van der Waals surface area contributed by atoms with Crippen LogP contribution in [0.4, 0.5) is 14.4 Å². The lowest BCUT2D eigenvalue weighted by Gasteiger charge is -2.28. The average molecular weight is 484 g/mol. The summed E-state index contributed by atoms with van der Waals surface area (Å²) in [6, 6.07) is 1.65. The molecule has 186 valence electrons. The molecule has 0 saturated heterocycles. The van der Waals surface area contributed by atoms with Crippen LogP contribution in [-0.4, -0.2) is 46.8 Å². The largest absolute Gasteiger partial charge is 0.448 e. The fourth-order valence-corrected chi connectivity index (χ4v) is 3.34. The Morgan fingerprint density at radius 3 is 2.09 bits per heavy atom. The van der Waals surface area contributed by atoms with E-state index in [0.29, 0.717) is 17.0 Å². The standard InChI is InChI=1S/C23H37N3O6S/c1-8-9-10-11-12-30-19(27)25-18(24)16-13-17(33-15-16)14-26(20(28)31-22(2,3)4)21(29)32-23(5,6)7/h13,15H,8-12,14H2,1-7H3,(H2,24,25,27). The van der Waals surface area contributed by atoms with Crippen molar-refractivity contribution >= 4 is 35.5 Å². The number of hydrogen-bond donors (Lipinski definition) is 1. The number of rotatable bonds is 8. The van der Waals surface area contributed by atoms with Gasteiger partial charge in [-0.1, -0.05) is 26.2 Å². The minimum Gasteiger partial charge on any atom is -0.448 e. The Labute approximate surface area is 200 Å². The minimum absolute atomic E-state index is 0.00264. The van der Waals surface area contributed by atoms with E-state index in [1.165, 1.54) is 11.3 Å². The molecule has 0 aliphatic heterocycles. The molecule has 2 N–H and O–H groups in total. The number of unbranched alkanes of at least 4 members (excludes halogenated alkanes) is 3. The zero-order chi connectivity index (χ0) is 25.2. The van der Waals surface area contributed by atoms with Gasteiger partial charge in [0.05, 0.1) is 13.2 Å². The maximum Gasteiger partial charge on any atom is 0.435 e. The number of amides is 3. The van der Waals surface area contributed by atoms with E-state index >= 15 is 0 Å². The topological polar surface area (TPSA) is 121 Å². The monoisotopic (exact) mass is 483 g/mol. The van der Waals surface area contributed by atoms with Crippen LogP contribution < -0.4 is 5.73 Å². The van der Waals surface area contributed by atoms with E-state index in [0.717, 1.165) is 30.6 Å². The fourth-order valence-electron chi connectivity index (χ4n) is 2.47.